The first-order chi connectivity index (χ1) is 12.1. The van der Waals surface area contributed by atoms with E-state index in [-0.39, 0.29) is 5.82 Å². The minimum Gasteiger partial charge on any atom is -0.368 e. The maximum absolute atomic E-state index is 12.9. The number of rotatable bonds is 6. The molecule has 2 aromatic carbocycles. The van der Waals surface area contributed by atoms with Crippen LogP contribution in [0.3, 0.4) is 0 Å². The predicted molar refractivity (Wildman–Crippen MR) is 97.6 cm³/mol. The highest BCUT2D eigenvalue weighted by molar-refractivity contribution is 5.56. The van der Waals surface area contributed by atoms with E-state index in [2.05, 4.69) is 45.7 Å². The third-order valence-electron chi connectivity index (χ3n) is 3.95. The first kappa shape index (κ1) is 16.8. The number of hydrogen-bond acceptors (Lipinski definition) is 5. The van der Waals surface area contributed by atoms with Crippen LogP contribution in [0.1, 0.15) is 16.7 Å². The van der Waals surface area contributed by atoms with Crippen LogP contribution in [0.5, 0.6) is 0 Å². The molecule has 0 radical (unpaired) electrons. The summed E-state index contributed by atoms with van der Waals surface area (Å²) in [5.74, 6) is 0.859. The van der Waals surface area contributed by atoms with Gasteiger partial charge in [0.2, 0.25) is 5.95 Å². The number of anilines is 3. The Morgan fingerprint density at radius 2 is 1.80 bits per heavy atom. The first-order valence-corrected chi connectivity index (χ1v) is 8.12. The van der Waals surface area contributed by atoms with E-state index in [4.69, 9.17) is 0 Å². The van der Waals surface area contributed by atoms with E-state index in [1.807, 2.05) is 12.1 Å². The van der Waals surface area contributed by atoms with Crippen LogP contribution in [0.25, 0.3) is 0 Å². The van der Waals surface area contributed by atoms with Gasteiger partial charge in [-0.05, 0) is 61.2 Å². The Kier molecular flexibility index (Phi) is 5.18. The molecule has 3 aromatic rings. The zero-order valence-corrected chi connectivity index (χ0v) is 14.3. The molecule has 0 fully saturated rings. The molecule has 0 aliphatic rings. The van der Waals surface area contributed by atoms with Crippen LogP contribution in [0.4, 0.5) is 21.8 Å². The zero-order chi connectivity index (χ0) is 17.6. The van der Waals surface area contributed by atoms with Gasteiger partial charge in [-0.2, -0.15) is 10.1 Å². The van der Waals surface area contributed by atoms with Gasteiger partial charge in [0.05, 0.1) is 6.20 Å². The maximum Gasteiger partial charge on any atom is 0.249 e. The van der Waals surface area contributed by atoms with Crippen LogP contribution in [0.15, 0.2) is 48.7 Å². The van der Waals surface area contributed by atoms with Gasteiger partial charge in [0.15, 0.2) is 5.82 Å². The van der Waals surface area contributed by atoms with Gasteiger partial charge < -0.3 is 10.6 Å². The highest BCUT2D eigenvalue weighted by Crippen LogP contribution is 2.17. The summed E-state index contributed by atoms with van der Waals surface area (Å²) < 4.78 is 12.9. The molecule has 0 unspecified atom stereocenters. The third-order valence-corrected chi connectivity index (χ3v) is 3.95. The lowest BCUT2D eigenvalue weighted by Gasteiger charge is -2.09. The molecule has 0 aliphatic carbocycles. The molecule has 0 spiro atoms. The topological polar surface area (TPSA) is 62.7 Å². The molecule has 1 heterocycles. The number of nitrogens with one attached hydrogen (secondary N) is 2. The number of nitrogens with zero attached hydrogens (tertiary/aromatic N) is 3. The predicted octanol–water partition coefficient (Wildman–Crippen LogP) is 4.03. The molecule has 0 atom stereocenters. The van der Waals surface area contributed by atoms with Crippen molar-refractivity contribution in [1.29, 1.82) is 0 Å². The number of benzene rings is 2. The minimum atomic E-state index is -0.223. The minimum absolute atomic E-state index is 0.223. The van der Waals surface area contributed by atoms with Crippen LogP contribution in [0.2, 0.25) is 0 Å². The van der Waals surface area contributed by atoms with Gasteiger partial charge in [-0.25, -0.2) is 4.39 Å². The van der Waals surface area contributed by atoms with E-state index in [1.165, 1.54) is 23.3 Å². The molecule has 0 aliphatic heterocycles. The second kappa shape index (κ2) is 7.70. The molecule has 5 nitrogen and oxygen atoms in total. The molecular weight excluding hydrogens is 317 g/mol. The fraction of sp³-hybridized carbons (Fsp3) is 0.211. The molecule has 1 aromatic heterocycles. The highest BCUT2D eigenvalue weighted by Gasteiger charge is 2.03. The number of aromatic nitrogens is 3. The monoisotopic (exact) mass is 337 g/mol. The normalized spacial score (nSPS) is 10.5. The van der Waals surface area contributed by atoms with Crippen LogP contribution in [0, 0.1) is 19.7 Å². The van der Waals surface area contributed by atoms with Crippen molar-refractivity contribution in [3.05, 3.63) is 71.2 Å². The third kappa shape index (κ3) is 4.73. The summed E-state index contributed by atoms with van der Waals surface area (Å²) in [6.07, 6.45) is 2.35. The largest absolute Gasteiger partial charge is 0.368 e. The summed E-state index contributed by atoms with van der Waals surface area (Å²) in [5.41, 5.74) is 4.42. The Labute approximate surface area is 146 Å². The van der Waals surface area contributed by atoms with Crippen molar-refractivity contribution in [3.8, 4) is 0 Å². The zero-order valence-electron chi connectivity index (χ0n) is 14.3. The van der Waals surface area contributed by atoms with E-state index in [0.717, 1.165) is 17.7 Å². The Morgan fingerprint density at radius 3 is 2.56 bits per heavy atom. The molecular formula is C19H20FN5. The van der Waals surface area contributed by atoms with Gasteiger partial charge in [0.1, 0.15) is 5.82 Å². The summed E-state index contributed by atoms with van der Waals surface area (Å²) >= 11 is 0. The van der Waals surface area contributed by atoms with E-state index in [0.29, 0.717) is 18.3 Å². The first-order valence-electron chi connectivity index (χ1n) is 8.12. The fourth-order valence-electron chi connectivity index (χ4n) is 2.38. The molecule has 25 heavy (non-hydrogen) atoms. The van der Waals surface area contributed by atoms with E-state index < -0.39 is 0 Å². The van der Waals surface area contributed by atoms with Gasteiger partial charge in [0.25, 0.3) is 0 Å². The summed E-state index contributed by atoms with van der Waals surface area (Å²) in [7, 11) is 0. The standard InChI is InChI=1S/C19H20FN5/c1-13-3-8-17(11-14(13)2)23-19-24-18(12-22-25-19)21-10-9-15-4-6-16(20)7-5-15/h3-8,11-12H,9-10H2,1-2H3,(H2,21,23,24,25). The summed E-state index contributed by atoms with van der Waals surface area (Å²) in [4.78, 5) is 4.41. The Bertz CT molecular complexity index is 849. The fourth-order valence-corrected chi connectivity index (χ4v) is 2.38. The van der Waals surface area contributed by atoms with Crippen LogP contribution in [-0.4, -0.2) is 21.7 Å². The average Bonchev–Trinajstić information content (AvgIpc) is 2.60. The summed E-state index contributed by atoms with van der Waals surface area (Å²) in [5, 5.41) is 14.3. The van der Waals surface area contributed by atoms with Gasteiger partial charge in [0, 0.05) is 12.2 Å². The molecule has 0 bridgehead atoms. The average molecular weight is 337 g/mol. The molecule has 0 amide bonds. The van der Waals surface area contributed by atoms with E-state index in [1.54, 1.807) is 18.3 Å². The lowest BCUT2D eigenvalue weighted by molar-refractivity contribution is 0.627. The SMILES string of the molecule is Cc1ccc(Nc2nncc(NCCc3ccc(F)cc3)n2)cc1C. The molecule has 6 heteroatoms. The van der Waals surface area contributed by atoms with Gasteiger partial charge in [-0.1, -0.05) is 18.2 Å². The van der Waals surface area contributed by atoms with Crippen LogP contribution < -0.4 is 10.6 Å². The number of halogens is 1. The molecule has 3 rings (SSSR count). The van der Waals surface area contributed by atoms with E-state index in [9.17, 15) is 4.39 Å². The number of aryl methyl sites for hydroxylation is 2. The number of hydrogen-bond donors (Lipinski definition) is 2. The summed E-state index contributed by atoms with van der Waals surface area (Å²) in [6.45, 7) is 4.81. The second-order valence-electron chi connectivity index (χ2n) is 5.89. The van der Waals surface area contributed by atoms with E-state index >= 15 is 0 Å². The highest BCUT2D eigenvalue weighted by atomic mass is 19.1. The smallest absolute Gasteiger partial charge is 0.249 e. The Hall–Kier alpha value is -3.02. The molecule has 2 N–H and O–H groups in total. The van der Waals surface area contributed by atoms with Crippen molar-refractivity contribution in [2.75, 3.05) is 17.2 Å². The summed E-state index contributed by atoms with van der Waals surface area (Å²) in [6, 6.07) is 12.6. The van der Waals surface area contributed by atoms with Gasteiger partial charge in [-0.15, -0.1) is 5.10 Å². The van der Waals surface area contributed by atoms with Crippen molar-refractivity contribution in [2.45, 2.75) is 20.3 Å². The van der Waals surface area contributed by atoms with Crippen molar-refractivity contribution in [1.82, 2.24) is 15.2 Å². The van der Waals surface area contributed by atoms with Crippen molar-refractivity contribution in [3.63, 3.8) is 0 Å². The molecule has 0 saturated heterocycles. The molecule has 0 saturated carbocycles. The molecule has 128 valence electrons. The second-order valence-corrected chi connectivity index (χ2v) is 5.89. The Balaban J connectivity index is 1.59. The lowest BCUT2D eigenvalue weighted by atomic mass is 10.1. The maximum atomic E-state index is 12.9. The van der Waals surface area contributed by atoms with Crippen molar-refractivity contribution in [2.24, 2.45) is 0 Å². The quantitative estimate of drug-likeness (QED) is 0.711. The van der Waals surface area contributed by atoms with Gasteiger partial charge in [-0.3, -0.25) is 0 Å². The van der Waals surface area contributed by atoms with Crippen LogP contribution in [-0.2, 0) is 6.42 Å². The van der Waals surface area contributed by atoms with Crippen molar-refractivity contribution < 1.29 is 4.39 Å². The van der Waals surface area contributed by atoms with Crippen LogP contribution >= 0.6 is 0 Å². The van der Waals surface area contributed by atoms with Crippen molar-refractivity contribution >= 4 is 17.5 Å². The Morgan fingerprint density at radius 1 is 1.00 bits per heavy atom. The lowest BCUT2D eigenvalue weighted by Crippen LogP contribution is -2.08. The van der Waals surface area contributed by atoms with Gasteiger partial charge >= 0.3 is 0 Å².